The molecule has 88 valence electrons. The van der Waals surface area contributed by atoms with Gasteiger partial charge in [0.15, 0.2) is 0 Å². The maximum absolute atomic E-state index is 9.08. The van der Waals surface area contributed by atoms with Gasteiger partial charge in [-0.15, -0.1) is 0 Å². The van der Waals surface area contributed by atoms with E-state index in [4.69, 9.17) is 9.84 Å². The van der Waals surface area contributed by atoms with Crippen molar-refractivity contribution in [2.75, 3.05) is 13.2 Å². The van der Waals surface area contributed by atoms with Crippen LogP contribution < -0.4 is 4.74 Å². The molecule has 0 bridgehead atoms. The molecule has 1 atom stereocenters. The van der Waals surface area contributed by atoms with E-state index < -0.39 is 0 Å². The third-order valence-corrected chi connectivity index (χ3v) is 3.34. The molecule has 1 aliphatic heterocycles. The lowest BCUT2D eigenvalue weighted by molar-refractivity contribution is 0.230. The predicted molar refractivity (Wildman–Crippen MR) is 65.1 cm³/mol. The van der Waals surface area contributed by atoms with Gasteiger partial charge in [-0.2, -0.15) is 0 Å². The van der Waals surface area contributed by atoms with Gasteiger partial charge in [-0.25, -0.2) is 0 Å². The largest absolute Gasteiger partial charge is 0.493 e. The van der Waals surface area contributed by atoms with Crippen LogP contribution >= 0.6 is 0 Å². The smallest absolute Gasteiger partial charge is 0.122 e. The average Bonchev–Trinajstić information content (AvgIpc) is 2.29. The zero-order valence-electron chi connectivity index (χ0n) is 10.1. The molecule has 0 spiro atoms. The summed E-state index contributed by atoms with van der Waals surface area (Å²) in [6, 6.07) is 6.47. The summed E-state index contributed by atoms with van der Waals surface area (Å²) in [6.07, 6.45) is 1.87. The van der Waals surface area contributed by atoms with Gasteiger partial charge in [0.1, 0.15) is 5.75 Å². The summed E-state index contributed by atoms with van der Waals surface area (Å²) in [6.45, 7) is 5.44. The molecule has 1 unspecified atom stereocenters. The van der Waals surface area contributed by atoms with E-state index in [1.807, 2.05) is 0 Å². The van der Waals surface area contributed by atoms with Crippen LogP contribution in [0.15, 0.2) is 18.2 Å². The quantitative estimate of drug-likeness (QED) is 0.848. The van der Waals surface area contributed by atoms with E-state index in [0.717, 1.165) is 25.2 Å². The van der Waals surface area contributed by atoms with Crippen LogP contribution in [0, 0.1) is 0 Å². The lowest BCUT2D eigenvalue weighted by Gasteiger charge is -2.26. The molecule has 1 aromatic carbocycles. The standard InChI is InChI=1S/C14H20O2/c1-10(2)12-3-4-14-13(9-12)11(5-7-15)6-8-16-14/h3-4,9-11,15H,5-8H2,1-2H3. The summed E-state index contributed by atoms with van der Waals surface area (Å²) in [5.74, 6) is 2.02. The van der Waals surface area contributed by atoms with Crippen molar-refractivity contribution in [2.45, 2.75) is 38.5 Å². The Balaban J connectivity index is 2.32. The first-order valence-electron chi connectivity index (χ1n) is 6.10. The second-order valence-electron chi connectivity index (χ2n) is 4.80. The van der Waals surface area contributed by atoms with Crippen molar-refractivity contribution >= 4 is 0 Å². The first-order valence-corrected chi connectivity index (χ1v) is 6.10. The van der Waals surface area contributed by atoms with Gasteiger partial charge in [-0.05, 0) is 41.9 Å². The number of rotatable bonds is 3. The van der Waals surface area contributed by atoms with Crippen LogP contribution in [0.4, 0.5) is 0 Å². The Morgan fingerprint density at radius 3 is 2.94 bits per heavy atom. The van der Waals surface area contributed by atoms with Crippen LogP contribution in [0.5, 0.6) is 5.75 Å². The Bertz CT molecular complexity index is 358. The SMILES string of the molecule is CC(C)c1ccc2c(c1)C(CCO)CCO2. The molecule has 2 heteroatoms. The highest BCUT2D eigenvalue weighted by molar-refractivity contribution is 5.41. The minimum absolute atomic E-state index is 0.260. The minimum Gasteiger partial charge on any atom is -0.493 e. The molecule has 0 fully saturated rings. The Labute approximate surface area is 97.3 Å². The Morgan fingerprint density at radius 2 is 2.25 bits per heavy atom. The minimum atomic E-state index is 0.260. The van der Waals surface area contributed by atoms with Gasteiger partial charge >= 0.3 is 0 Å². The zero-order valence-corrected chi connectivity index (χ0v) is 10.1. The molecular weight excluding hydrogens is 200 g/mol. The molecule has 16 heavy (non-hydrogen) atoms. The Morgan fingerprint density at radius 1 is 1.44 bits per heavy atom. The second-order valence-corrected chi connectivity index (χ2v) is 4.80. The average molecular weight is 220 g/mol. The summed E-state index contributed by atoms with van der Waals surface area (Å²) >= 11 is 0. The third kappa shape index (κ3) is 2.22. The van der Waals surface area contributed by atoms with Gasteiger partial charge in [0.25, 0.3) is 0 Å². The highest BCUT2D eigenvalue weighted by atomic mass is 16.5. The highest BCUT2D eigenvalue weighted by Crippen LogP contribution is 2.37. The maximum Gasteiger partial charge on any atom is 0.122 e. The number of aliphatic hydroxyl groups is 1. The Kier molecular flexibility index (Phi) is 3.49. The third-order valence-electron chi connectivity index (χ3n) is 3.34. The lowest BCUT2D eigenvalue weighted by Crippen LogP contribution is -2.15. The molecule has 1 N–H and O–H groups in total. The van der Waals surface area contributed by atoms with Crippen molar-refractivity contribution in [3.8, 4) is 5.75 Å². The van der Waals surface area contributed by atoms with Crippen molar-refractivity contribution in [3.05, 3.63) is 29.3 Å². The van der Waals surface area contributed by atoms with Gasteiger partial charge in [0.2, 0.25) is 0 Å². The van der Waals surface area contributed by atoms with Crippen LogP contribution in [0.25, 0.3) is 0 Å². The number of aliphatic hydroxyl groups excluding tert-OH is 1. The van der Waals surface area contributed by atoms with Gasteiger partial charge in [0.05, 0.1) is 6.61 Å². The molecule has 0 aromatic heterocycles. The molecule has 0 aliphatic carbocycles. The topological polar surface area (TPSA) is 29.5 Å². The van der Waals surface area contributed by atoms with Gasteiger partial charge in [-0.1, -0.05) is 26.0 Å². The molecular formula is C14H20O2. The molecule has 1 heterocycles. The number of fused-ring (bicyclic) bond motifs is 1. The summed E-state index contributed by atoms with van der Waals surface area (Å²) in [5.41, 5.74) is 2.64. The van der Waals surface area contributed by atoms with E-state index in [0.29, 0.717) is 11.8 Å². The molecule has 0 saturated carbocycles. The highest BCUT2D eigenvalue weighted by Gasteiger charge is 2.21. The van der Waals surface area contributed by atoms with E-state index in [1.165, 1.54) is 11.1 Å². The van der Waals surface area contributed by atoms with Crippen LogP contribution in [0.3, 0.4) is 0 Å². The van der Waals surface area contributed by atoms with Gasteiger partial charge in [0, 0.05) is 6.61 Å². The molecule has 0 saturated heterocycles. The molecule has 2 rings (SSSR count). The van der Waals surface area contributed by atoms with Crippen molar-refractivity contribution in [1.29, 1.82) is 0 Å². The monoisotopic (exact) mass is 220 g/mol. The predicted octanol–water partition coefficient (Wildman–Crippen LogP) is 3.06. The van der Waals surface area contributed by atoms with Crippen molar-refractivity contribution in [1.82, 2.24) is 0 Å². The van der Waals surface area contributed by atoms with Gasteiger partial charge in [-0.3, -0.25) is 0 Å². The van der Waals surface area contributed by atoms with Crippen LogP contribution in [-0.2, 0) is 0 Å². The van der Waals surface area contributed by atoms with Crippen molar-refractivity contribution < 1.29 is 9.84 Å². The van der Waals surface area contributed by atoms with E-state index in [2.05, 4.69) is 32.0 Å². The summed E-state index contributed by atoms with van der Waals surface area (Å²) in [5, 5.41) is 9.08. The summed E-state index contributed by atoms with van der Waals surface area (Å²) in [7, 11) is 0. The van der Waals surface area contributed by atoms with E-state index in [-0.39, 0.29) is 6.61 Å². The number of hydrogen-bond donors (Lipinski definition) is 1. The number of hydrogen-bond acceptors (Lipinski definition) is 2. The van der Waals surface area contributed by atoms with Crippen LogP contribution in [0.2, 0.25) is 0 Å². The summed E-state index contributed by atoms with van der Waals surface area (Å²) < 4.78 is 5.65. The first-order chi connectivity index (χ1) is 7.72. The number of benzene rings is 1. The fourth-order valence-corrected chi connectivity index (χ4v) is 2.30. The van der Waals surface area contributed by atoms with Crippen molar-refractivity contribution in [3.63, 3.8) is 0 Å². The molecule has 0 radical (unpaired) electrons. The molecule has 1 aliphatic rings. The van der Waals surface area contributed by atoms with E-state index in [1.54, 1.807) is 0 Å². The van der Waals surface area contributed by atoms with Gasteiger partial charge < -0.3 is 9.84 Å². The van der Waals surface area contributed by atoms with Crippen molar-refractivity contribution in [2.24, 2.45) is 0 Å². The fraction of sp³-hybridized carbons (Fsp3) is 0.571. The van der Waals surface area contributed by atoms with E-state index >= 15 is 0 Å². The maximum atomic E-state index is 9.08. The second kappa shape index (κ2) is 4.88. The lowest BCUT2D eigenvalue weighted by atomic mass is 9.88. The first kappa shape index (κ1) is 11.5. The fourth-order valence-electron chi connectivity index (χ4n) is 2.30. The Hall–Kier alpha value is -1.02. The zero-order chi connectivity index (χ0) is 11.5. The van der Waals surface area contributed by atoms with E-state index in [9.17, 15) is 0 Å². The number of ether oxygens (including phenoxy) is 1. The van der Waals surface area contributed by atoms with Crippen LogP contribution in [0.1, 0.15) is 49.7 Å². The molecule has 2 nitrogen and oxygen atoms in total. The van der Waals surface area contributed by atoms with Crippen LogP contribution in [-0.4, -0.2) is 18.3 Å². The molecule has 1 aromatic rings. The normalized spacial score (nSPS) is 19.4. The molecule has 0 amide bonds. The summed E-state index contributed by atoms with van der Waals surface area (Å²) in [4.78, 5) is 0.